The Kier molecular flexibility index (Phi) is 3.98. The molecule has 0 saturated heterocycles. The van der Waals surface area contributed by atoms with E-state index in [1.54, 1.807) is 0 Å². The number of benzene rings is 2. The van der Waals surface area contributed by atoms with E-state index in [4.69, 9.17) is 0 Å². The van der Waals surface area contributed by atoms with Crippen molar-refractivity contribution in [2.24, 2.45) is 0 Å². The molecule has 0 heterocycles. The van der Waals surface area contributed by atoms with Crippen molar-refractivity contribution in [2.75, 3.05) is 0 Å². The zero-order valence-corrected chi connectivity index (χ0v) is 10.7. The lowest BCUT2D eigenvalue weighted by molar-refractivity contribution is 0.922. The van der Waals surface area contributed by atoms with Crippen molar-refractivity contribution in [1.29, 1.82) is 0 Å². The van der Waals surface area contributed by atoms with Gasteiger partial charge in [-0.3, -0.25) is 0 Å². The molecule has 0 fully saturated rings. The third-order valence-electron chi connectivity index (χ3n) is 3.20. The highest BCUT2D eigenvalue weighted by Gasteiger charge is 2.02. The molecule has 0 unspecified atom stereocenters. The van der Waals surface area contributed by atoms with Crippen molar-refractivity contribution in [1.82, 2.24) is 0 Å². The van der Waals surface area contributed by atoms with Gasteiger partial charge in [-0.1, -0.05) is 68.8 Å². The molecule has 0 aliphatic carbocycles. The van der Waals surface area contributed by atoms with E-state index >= 15 is 0 Å². The lowest BCUT2D eigenvalue weighted by atomic mass is 9.97. The highest BCUT2D eigenvalue weighted by molar-refractivity contribution is 5.67. The molecular formula is C17H20. The van der Waals surface area contributed by atoms with Gasteiger partial charge < -0.3 is 0 Å². The van der Waals surface area contributed by atoms with Crippen molar-refractivity contribution in [3.63, 3.8) is 0 Å². The first kappa shape index (κ1) is 11.9. The number of hydrogen-bond acceptors (Lipinski definition) is 0. The molecule has 0 amide bonds. The van der Waals surface area contributed by atoms with Crippen LogP contribution in [-0.4, -0.2) is 0 Å². The topological polar surface area (TPSA) is 0 Å². The summed E-state index contributed by atoms with van der Waals surface area (Å²) in [5.74, 6) is 0. The van der Waals surface area contributed by atoms with Gasteiger partial charge in [0.05, 0.1) is 0 Å². The summed E-state index contributed by atoms with van der Waals surface area (Å²) in [5.41, 5.74) is 5.57. The SMILES string of the molecule is CCCc1ccc(-c2ccccc2CC)cc1. The van der Waals surface area contributed by atoms with Crippen molar-refractivity contribution >= 4 is 0 Å². The van der Waals surface area contributed by atoms with Crippen LogP contribution in [0.1, 0.15) is 31.4 Å². The van der Waals surface area contributed by atoms with Crippen LogP contribution in [0.2, 0.25) is 0 Å². The summed E-state index contributed by atoms with van der Waals surface area (Å²) in [5, 5.41) is 0. The van der Waals surface area contributed by atoms with E-state index in [9.17, 15) is 0 Å². The van der Waals surface area contributed by atoms with Gasteiger partial charge in [0.1, 0.15) is 0 Å². The molecule has 2 aromatic carbocycles. The molecule has 0 aromatic heterocycles. The van der Waals surface area contributed by atoms with Crippen LogP contribution in [-0.2, 0) is 12.8 Å². The van der Waals surface area contributed by atoms with E-state index in [2.05, 4.69) is 62.4 Å². The minimum absolute atomic E-state index is 1.09. The molecular weight excluding hydrogens is 204 g/mol. The first-order chi connectivity index (χ1) is 8.35. The van der Waals surface area contributed by atoms with E-state index in [-0.39, 0.29) is 0 Å². The Hall–Kier alpha value is -1.56. The van der Waals surface area contributed by atoms with Gasteiger partial charge >= 0.3 is 0 Å². The molecule has 0 spiro atoms. The molecule has 0 nitrogen and oxygen atoms in total. The third-order valence-corrected chi connectivity index (χ3v) is 3.20. The predicted octanol–water partition coefficient (Wildman–Crippen LogP) is 4.87. The van der Waals surface area contributed by atoms with Crippen LogP contribution >= 0.6 is 0 Å². The van der Waals surface area contributed by atoms with Crippen molar-refractivity contribution in [2.45, 2.75) is 33.1 Å². The van der Waals surface area contributed by atoms with Gasteiger partial charge in [0.25, 0.3) is 0 Å². The number of rotatable bonds is 4. The fraction of sp³-hybridized carbons (Fsp3) is 0.294. The Morgan fingerprint density at radius 1 is 0.824 bits per heavy atom. The molecule has 0 saturated carbocycles. The van der Waals surface area contributed by atoms with Gasteiger partial charge in [-0.15, -0.1) is 0 Å². The monoisotopic (exact) mass is 224 g/mol. The maximum atomic E-state index is 2.26. The Bertz CT molecular complexity index is 466. The average molecular weight is 224 g/mol. The normalized spacial score (nSPS) is 10.5. The van der Waals surface area contributed by atoms with Gasteiger partial charge in [0.2, 0.25) is 0 Å². The van der Waals surface area contributed by atoms with Crippen LogP contribution in [0.5, 0.6) is 0 Å². The van der Waals surface area contributed by atoms with Gasteiger partial charge in [0.15, 0.2) is 0 Å². The smallest absolute Gasteiger partial charge is 0.0152 e. The maximum Gasteiger partial charge on any atom is -0.0152 e. The fourth-order valence-corrected chi connectivity index (χ4v) is 2.25. The summed E-state index contributed by atoms with van der Waals surface area (Å²) in [6.45, 7) is 4.44. The molecule has 17 heavy (non-hydrogen) atoms. The predicted molar refractivity (Wildman–Crippen MR) is 75.3 cm³/mol. The van der Waals surface area contributed by atoms with E-state index in [0.717, 1.165) is 6.42 Å². The second-order valence-electron chi connectivity index (χ2n) is 4.46. The highest BCUT2D eigenvalue weighted by atomic mass is 14.1. The molecule has 0 atom stereocenters. The first-order valence-electron chi connectivity index (χ1n) is 6.52. The Labute approximate surface area is 104 Å². The Morgan fingerprint density at radius 3 is 2.18 bits per heavy atom. The zero-order valence-electron chi connectivity index (χ0n) is 10.7. The molecule has 0 heteroatoms. The molecule has 88 valence electrons. The molecule has 2 rings (SSSR count). The van der Waals surface area contributed by atoms with Crippen molar-refractivity contribution < 1.29 is 0 Å². The molecule has 0 aliphatic heterocycles. The first-order valence-corrected chi connectivity index (χ1v) is 6.52. The van der Waals surface area contributed by atoms with Gasteiger partial charge in [0, 0.05) is 0 Å². The van der Waals surface area contributed by atoms with E-state index in [0.29, 0.717) is 0 Å². The summed E-state index contributed by atoms with van der Waals surface area (Å²) in [4.78, 5) is 0. The molecule has 2 aromatic rings. The van der Waals surface area contributed by atoms with Crippen molar-refractivity contribution in [3.05, 3.63) is 59.7 Å². The minimum Gasteiger partial charge on any atom is -0.0651 e. The van der Waals surface area contributed by atoms with Crippen LogP contribution in [0.25, 0.3) is 11.1 Å². The van der Waals surface area contributed by atoms with Gasteiger partial charge in [-0.25, -0.2) is 0 Å². The average Bonchev–Trinajstić information content (AvgIpc) is 2.40. The summed E-state index contributed by atoms with van der Waals surface area (Å²) in [6.07, 6.45) is 3.48. The van der Waals surface area contributed by atoms with Crippen LogP contribution in [0.15, 0.2) is 48.5 Å². The zero-order chi connectivity index (χ0) is 12.1. The lowest BCUT2D eigenvalue weighted by Gasteiger charge is -2.08. The van der Waals surface area contributed by atoms with Crippen LogP contribution in [0.3, 0.4) is 0 Å². The Balaban J connectivity index is 2.33. The summed E-state index contributed by atoms with van der Waals surface area (Å²) in [6, 6.07) is 17.7. The molecule has 0 aliphatic rings. The number of hydrogen-bond donors (Lipinski definition) is 0. The Morgan fingerprint density at radius 2 is 1.53 bits per heavy atom. The highest BCUT2D eigenvalue weighted by Crippen LogP contribution is 2.24. The van der Waals surface area contributed by atoms with Gasteiger partial charge in [-0.05, 0) is 35.1 Å². The number of aryl methyl sites for hydroxylation is 2. The molecule has 0 radical (unpaired) electrons. The fourth-order valence-electron chi connectivity index (χ4n) is 2.25. The maximum absolute atomic E-state index is 2.26. The largest absolute Gasteiger partial charge is 0.0651 e. The van der Waals surface area contributed by atoms with Crippen molar-refractivity contribution in [3.8, 4) is 11.1 Å². The third kappa shape index (κ3) is 2.76. The summed E-state index contributed by atoms with van der Waals surface area (Å²) < 4.78 is 0. The van der Waals surface area contributed by atoms with Crippen LogP contribution in [0.4, 0.5) is 0 Å². The minimum atomic E-state index is 1.09. The van der Waals surface area contributed by atoms with Gasteiger partial charge in [-0.2, -0.15) is 0 Å². The van der Waals surface area contributed by atoms with E-state index < -0.39 is 0 Å². The lowest BCUT2D eigenvalue weighted by Crippen LogP contribution is -1.88. The quantitative estimate of drug-likeness (QED) is 0.695. The van der Waals surface area contributed by atoms with Crippen LogP contribution in [0, 0.1) is 0 Å². The standard InChI is InChI=1S/C17H20/c1-3-7-14-10-12-16(13-11-14)17-9-6-5-8-15(17)4-2/h5-6,8-13H,3-4,7H2,1-2H3. The second kappa shape index (κ2) is 5.67. The molecule has 0 bridgehead atoms. The van der Waals surface area contributed by atoms with E-state index in [1.165, 1.54) is 35.1 Å². The second-order valence-corrected chi connectivity index (χ2v) is 4.46. The van der Waals surface area contributed by atoms with E-state index in [1.807, 2.05) is 0 Å². The van der Waals surface area contributed by atoms with Crippen LogP contribution < -0.4 is 0 Å². The molecule has 0 N–H and O–H groups in total. The summed E-state index contributed by atoms with van der Waals surface area (Å²) in [7, 11) is 0. The summed E-state index contributed by atoms with van der Waals surface area (Å²) >= 11 is 0.